The lowest BCUT2D eigenvalue weighted by Gasteiger charge is -2.19. The quantitative estimate of drug-likeness (QED) is 0.663. The van der Waals surface area contributed by atoms with Crippen LogP contribution in [-0.2, 0) is 19.7 Å². The smallest absolute Gasteiger partial charge is 0.325 e. The van der Waals surface area contributed by atoms with Gasteiger partial charge in [0.05, 0.1) is 0 Å². The van der Waals surface area contributed by atoms with E-state index in [4.69, 9.17) is 4.74 Å². The summed E-state index contributed by atoms with van der Waals surface area (Å²) in [6.45, 7) is 5.58. The van der Waals surface area contributed by atoms with Crippen LogP contribution >= 0.6 is 15.9 Å². The van der Waals surface area contributed by atoms with Crippen LogP contribution < -0.4 is 10.6 Å². The maximum atomic E-state index is 12.0. The highest BCUT2D eigenvalue weighted by molar-refractivity contribution is 9.10. The summed E-state index contributed by atoms with van der Waals surface area (Å²) in [6.07, 6.45) is 0. The number of ether oxygens (including phenoxy) is 1. The van der Waals surface area contributed by atoms with E-state index in [1.165, 1.54) is 0 Å². The molecule has 0 unspecified atom stereocenters. The van der Waals surface area contributed by atoms with Crippen molar-refractivity contribution in [2.24, 2.45) is 0 Å². The molecule has 2 N–H and O–H groups in total. The first-order chi connectivity index (χ1) is 13.1. The Kier molecular flexibility index (Phi) is 7.34. The molecule has 2 amide bonds. The van der Waals surface area contributed by atoms with Crippen LogP contribution in [0.25, 0.3) is 0 Å². The van der Waals surface area contributed by atoms with E-state index in [9.17, 15) is 14.4 Å². The first-order valence-electron chi connectivity index (χ1n) is 8.75. The SMILES string of the molecule is CC(C)(C)c1ccc(NC(=O)COC(=O)CNC(=O)c2cccc(Br)c2)cc1. The van der Waals surface area contributed by atoms with E-state index >= 15 is 0 Å². The minimum absolute atomic E-state index is 0.0261. The second-order valence-corrected chi connectivity index (χ2v) is 8.14. The maximum absolute atomic E-state index is 12.0. The summed E-state index contributed by atoms with van der Waals surface area (Å²) in [5, 5.41) is 5.12. The molecule has 0 saturated heterocycles. The molecule has 0 saturated carbocycles. The first kappa shape index (κ1) is 21.6. The minimum atomic E-state index is -0.693. The summed E-state index contributed by atoms with van der Waals surface area (Å²) >= 11 is 3.28. The number of esters is 1. The number of hydrogen-bond acceptors (Lipinski definition) is 4. The monoisotopic (exact) mass is 446 g/mol. The van der Waals surface area contributed by atoms with Gasteiger partial charge in [0.15, 0.2) is 6.61 Å². The molecule has 6 nitrogen and oxygen atoms in total. The van der Waals surface area contributed by atoms with E-state index in [1.807, 2.05) is 12.1 Å². The Morgan fingerprint density at radius 1 is 1.04 bits per heavy atom. The molecule has 0 aliphatic rings. The molecular formula is C21H23BrN2O4. The zero-order valence-electron chi connectivity index (χ0n) is 16.0. The molecule has 0 bridgehead atoms. The molecule has 0 aliphatic carbocycles. The second-order valence-electron chi connectivity index (χ2n) is 7.23. The van der Waals surface area contributed by atoms with Crippen LogP contribution in [0.1, 0.15) is 36.7 Å². The first-order valence-corrected chi connectivity index (χ1v) is 9.54. The Labute approximate surface area is 172 Å². The third kappa shape index (κ3) is 6.81. The fourth-order valence-corrected chi connectivity index (χ4v) is 2.73. The van der Waals surface area contributed by atoms with Gasteiger partial charge in [0.25, 0.3) is 11.8 Å². The number of anilines is 1. The zero-order valence-corrected chi connectivity index (χ0v) is 17.6. The molecule has 2 aromatic carbocycles. The number of hydrogen-bond donors (Lipinski definition) is 2. The van der Waals surface area contributed by atoms with Crippen molar-refractivity contribution in [3.05, 3.63) is 64.1 Å². The van der Waals surface area contributed by atoms with Crippen LogP contribution in [0.4, 0.5) is 5.69 Å². The molecule has 0 aliphatic heterocycles. The van der Waals surface area contributed by atoms with Gasteiger partial charge in [-0.1, -0.05) is 54.9 Å². The summed E-state index contributed by atoms with van der Waals surface area (Å²) < 4.78 is 5.65. The van der Waals surface area contributed by atoms with Crippen LogP contribution in [-0.4, -0.2) is 30.9 Å². The Hall–Kier alpha value is -2.67. The lowest BCUT2D eigenvalue weighted by Crippen LogP contribution is -2.32. The van der Waals surface area contributed by atoms with Gasteiger partial charge in [-0.2, -0.15) is 0 Å². The predicted molar refractivity (Wildman–Crippen MR) is 111 cm³/mol. The average molecular weight is 447 g/mol. The number of nitrogens with one attached hydrogen (secondary N) is 2. The summed E-state index contributed by atoms with van der Waals surface area (Å²) in [4.78, 5) is 35.6. The highest BCUT2D eigenvalue weighted by Gasteiger charge is 2.14. The van der Waals surface area contributed by atoms with Crippen molar-refractivity contribution in [2.45, 2.75) is 26.2 Å². The topological polar surface area (TPSA) is 84.5 Å². The number of benzene rings is 2. The van der Waals surface area contributed by atoms with Crippen molar-refractivity contribution in [1.82, 2.24) is 5.32 Å². The van der Waals surface area contributed by atoms with Crippen molar-refractivity contribution in [3.8, 4) is 0 Å². The van der Waals surface area contributed by atoms with Crippen molar-refractivity contribution in [3.63, 3.8) is 0 Å². The lowest BCUT2D eigenvalue weighted by molar-refractivity contribution is -0.146. The molecule has 0 radical (unpaired) electrons. The fourth-order valence-electron chi connectivity index (χ4n) is 2.33. The van der Waals surface area contributed by atoms with Crippen LogP contribution in [0, 0.1) is 0 Å². The number of halogens is 1. The van der Waals surface area contributed by atoms with E-state index in [2.05, 4.69) is 47.3 Å². The van der Waals surface area contributed by atoms with Crippen molar-refractivity contribution in [1.29, 1.82) is 0 Å². The van der Waals surface area contributed by atoms with Gasteiger partial charge in [0, 0.05) is 15.7 Å². The average Bonchev–Trinajstić information content (AvgIpc) is 2.64. The molecule has 2 rings (SSSR count). The number of amides is 2. The molecule has 0 atom stereocenters. The Morgan fingerprint density at radius 3 is 2.32 bits per heavy atom. The van der Waals surface area contributed by atoms with Crippen LogP contribution in [0.15, 0.2) is 53.0 Å². The third-order valence-electron chi connectivity index (χ3n) is 3.88. The molecule has 2 aromatic rings. The fraction of sp³-hybridized carbons (Fsp3) is 0.286. The summed E-state index contributed by atoms with van der Waals surface area (Å²) in [5.74, 6) is -1.54. The summed E-state index contributed by atoms with van der Waals surface area (Å²) in [5.41, 5.74) is 2.21. The van der Waals surface area contributed by atoms with E-state index in [-0.39, 0.29) is 12.0 Å². The Balaban J connectivity index is 1.75. The van der Waals surface area contributed by atoms with Gasteiger partial charge in [-0.25, -0.2) is 0 Å². The van der Waals surface area contributed by atoms with Crippen molar-refractivity contribution in [2.75, 3.05) is 18.5 Å². The van der Waals surface area contributed by atoms with E-state index in [0.29, 0.717) is 11.3 Å². The molecular weight excluding hydrogens is 424 g/mol. The molecule has 28 heavy (non-hydrogen) atoms. The standard InChI is InChI=1S/C21H23BrN2O4/c1-21(2,3)15-7-9-17(10-8-15)24-18(25)13-28-19(26)12-23-20(27)14-5-4-6-16(22)11-14/h4-11H,12-13H2,1-3H3,(H,23,27)(H,24,25). The molecule has 0 heterocycles. The maximum Gasteiger partial charge on any atom is 0.325 e. The molecule has 0 fully saturated rings. The third-order valence-corrected chi connectivity index (χ3v) is 4.37. The Bertz CT molecular complexity index is 857. The minimum Gasteiger partial charge on any atom is -0.454 e. The Morgan fingerprint density at radius 2 is 1.71 bits per heavy atom. The van der Waals surface area contributed by atoms with Crippen molar-refractivity contribution >= 4 is 39.4 Å². The van der Waals surface area contributed by atoms with Gasteiger partial charge in [0.1, 0.15) is 6.54 Å². The second kappa shape index (κ2) is 9.50. The van der Waals surface area contributed by atoms with Gasteiger partial charge in [-0.3, -0.25) is 14.4 Å². The van der Waals surface area contributed by atoms with E-state index in [0.717, 1.165) is 10.0 Å². The largest absolute Gasteiger partial charge is 0.454 e. The van der Waals surface area contributed by atoms with E-state index < -0.39 is 24.4 Å². The molecule has 0 aromatic heterocycles. The number of carbonyl (C=O) groups is 3. The normalized spacial score (nSPS) is 10.9. The highest BCUT2D eigenvalue weighted by atomic mass is 79.9. The number of carbonyl (C=O) groups excluding carboxylic acids is 3. The summed E-state index contributed by atoms with van der Waals surface area (Å²) in [7, 11) is 0. The van der Waals surface area contributed by atoms with Gasteiger partial charge >= 0.3 is 5.97 Å². The van der Waals surface area contributed by atoms with Gasteiger partial charge in [-0.15, -0.1) is 0 Å². The molecule has 148 valence electrons. The van der Waals surface area contributed by atoms with Crippen molar-refractivity contribution < 1.29 is 19.1 Å². The predicted octanol–water partition coefficient (Wildman–Crippen LogP) is 3.66. The summed E-state index contributed by atoms with van der Waals surface area (Å²) in [6, 6.07) is 14.3. The lowest BCUT2D eigenvalue weighted by atomic mass is 9.87. The van der Waals surface area contributed by atoms with Gasteiger partial charge in [0.2, 0.25) is 0 Å². The molecule has 0 spiro atoms. The number of rotatable bonds is 6. The van der Waals surface area contributed by atoms with Gasteiger partial charge in [-0.05, 0) is 41.3 Å². The van der Waals surface area contributed by atoms with E-state index in [1.54, 1.807) is 36.4 Å². The van der Waals surface area contributed by atoms with Crippen LogP contribution in [0.3, 0.4) is 0 Å². The zero-order chi connectivity index (χ0) is 20.7. The molecule has 7 heteroatoms. The van der Waals surface area contributed by atoms with Gasteiger partial charge < -0.3 is 15.4 Å². The van der Waals surface area contributed by atoms with Crippen LogP contribution in [0.5, 0.6) is 0 Å². The van der Waals surface area contributed by atoms with Crippen LogP contribution in [0.2, 0.25) is 0 Å². The highest BCUT2D eigenvalue weighted by Crippen LogP contribution is 2.23.